The van der Waals surface area contributed by atoms with Crippen LogP contribution in [0.5, 0.6) is 5.75 Å². The minimum absolute atomic E-state index is 0.0115. The Morgan fingerprint density at radius 3 is 3.09 bits per heavy atom. The van der Waals surface area contributed by atoms with Crippen LogP contribution in [0.15, 0.2) is 12.3 Å². The predicted molar refractivity (Wildman–Crippen MR) is 86.7 cm³/mol. The highest BCUT2D eigenvalue weighted by atomic mass is 16.5. The zero-order valence-corrected chi connectivity index (χ0v) is 13.9. The standard InChI is InChI=1S/C17H25N3O3/c1-12-10-19(11-13(2)21)5-6-20(12)17(22)15-8-14-4-3-7-23-16(14)9-18-15/h8-9,12-13,21H,3-7,10-11H2,1-2H3. The minimum atomic E-state index is -0.341. The molecule has 1 aromatic heterocycles. The number of carbonyl (C=O) groups excluding carboxylic acids is 1. The first-order valence-corrected chi connectivity index (χ1v) is 8.37. The van der Waals surface area contributed by atoms with Gasteiger partial charge in [0.25, 0.3) is 5.91 Å². The van der Waals surface area contributed by atoms with Gasteiger partial charge in [0.15, 0.2) is 0 Å². The van der Waals surface area contributed by atoms with Gasteiger partial charge in [-0.3, -0.25) is 9.69 Å². The van der Waals surface area contributed by atoms with Crippen molar-refractivity contribution in [3.63, 3.8) is 0 Å². The second-order valence-electron chi connectivity index (χ2n) is 6.59. The molecule has 0 spiro atoms. The Morgan fingerprint density at radius 2 is 2.35 bits per heavy atom. The number of aliphatic hydroxyl groups is 1. The molecule has 6 nitrogen and oxygen atoms in total. The van der Waals surface area contributed by atoms with Crippen LogP contribution in [0.3, 0.4) is 0 Å². The molecule has 1 amide bonds. The van der Waals surface area contributed by atoms with Crippen LogP contribution in [0.1, 0.15) is 36.3 Å². The average Bonchev–Trinajstić information content (AvgIpc) is 2.53. The van der Waals surface area contributed by atoms with Crippen LogP contribution < -0.4 is 4.74 Å². The van der Waals surface area contributed by atoms with Gasteiger partial charge in [-0.2, -0.15) is 0 Å². The van der Waals surface area contributed by atoms with Crippen LogP contribution in [-0.4, -0.2) is 70.7 Å². The largest absolute Gasteiger partial charge is 0.492 e. The Balaban J connectivity index is 1.69. The first-order valence-electron chi connectivity index (χ1n) is 8.37. The van der Waals surface area contributed by atoms with E-state index >= 15 is 0 Å². The molecule has 0 aromatic carbocycles. The van der Waals surface area contributed by atoms with Crippen molar-refractivity contribution in [2.75, 3.05) is 32.8 Å². The highest BCUT2D eigenvalue weighted by molar-refractivity contribution is 5.93. The number of ether oxygens (including phenoxy) is 1. The molecule has 0 aliphatic carbocycles. The number of aromatic nitrogens is 1. The highest BCUT2D eigenvalue weighted by Crippen LogP contribution is 2.25. The average molecular weight is 319 g/mol. The van der Waals surface area contributed by atoms with E-state index < -0.39 is 0 Å². The fourth-order valence-corrected chi connectivity index (χ4v) is 3.39. The number of hydrogen-bond donors (Lipinski definition) is 1. The quantitative estimate of drug-likeness (QED) is 0.898. The van der Waals surface area contributed by atoms with Crippen LogP contribution in [0.4, 0.5) is 0 Å². The number of rotatable bonds is 3. The lowest BCUT2D eigenvalue weighted by Crippen LogP contribution is -2.55. The van der Waals surface area contributed by atoms with E-state index in [2.05, 4.69) is 9.88 Å². The molecule has 2 aliphatic heterocycles. The first kappa shape index (κ1) is 16.2. The fourth-order valence-electron chi connectivity index (χ4n) is 3.39. The van der Waals surface area contributed by atoms with Gasteiger partial charge in [-0.05, 0) is 38.3 Å². The first-order chi connectivity index (χ1) is 11.0. The highest BCUT2D eigenvalue weighted by Gasteiger charge is 2.29. The summed E-state index contributed by atoms with van der Waals surface area (Å²) in [5.41, 5.74) is 1.58. The van der Waals surface area contributed by atoms with Crippen LogP contribution in [0.25, 0.3) is 0 Å². The van der Waals surface area contributed by atoms with Crippen LogP contribution in [0.2, 0.25) is 0 Å². The van der Waals surface area contributed by atoms with Gasteiger partial charge in [0.1, 0.15) is 11.4 Å². The molecule has 1 saturated heterocycles. The summed E-state index contributed by atoms with van der Waals surface area (Å²) in [5, 5.41) is 9.51. The topological polar surface area (TPSA) is 65.9 Å². The second kappa shape index (κ2) is 6.84. The second-order valence-corrected chi connectivity index (χ2v) is 6.59. The summed E-state index contributed by atoms with van der Waals surface area (Å²) in [7, 11) is 0. The van der Waals surface area contributed by atoms with Gasteiger partial charge in [-0.15, -0.1) is 0 Å². The molecule has 1 N–H and O–H groups in total. The van der Waals surface area contributed by atoms with E-state index in [1.165, 1.54) is 0 Å². The summed E-state index contributed by atoms with van der Waals surface area (Å²) >= 11 is 0. The Kier molecular flexibility index (Phi) is 4.82. The Morgan fingerprint density at radius 1 is 1.52 bits per heavy atom. The molecule has 0 bridgehead atoms. The molecule has 23 heavy (non-hydrogen) atoms. The molecule has 1 fully saturated rings. The molecular weight excluding hydrogens is 294 g/mol. The number of aryl methyl sites for hydroxylation is 1. The van der Waals surface area contributed by atoms with Crippen molar-refractivity contribution in [1.29, 1.82) is 0 Å². The van der Waals surface area contributed by atoms with Crippen LogP contribution >= 0.6 is 0 Å². The van der Waals surface area contributed by atoms with E-state index in [0.717, 1.165) is 43.9 Å². The molecule has 3 rings (SSSR count). The van der Waals surface area contributed by atoms with Gasteiger partial charge in [0, 0.05) is 32.2 Å². The SMILES string of the molecule is CC(O)CN1CCN(C(=O)c2cc3c(cn2)OCCC3)C(C)C1. The zero-order valence-electron chi connectivity index (χ0n) is 13.9. The predicted octanol–water partition coefficient (Wildman–Crippen LogP) is 0.934. The fraction of sp³-hybridized carbons (Fsp3) is 0.647. The summed E-state index contributed by atoms with van der Waals surface area (Å²) < 4.78 is 5.56. The lowest BCUT2D eigenvalue weighted by molar-refractivity contribution is 0.0378. The zero-order chi connectivity index (χ0) is 16.4. The maximum atomic E-state index is 12.8. The van der Waals surface area contributed by atoms with Gasteiger partial charge >= 0.3 is 0 Å². The molecule has 1 aromatic rings. The molecular formula is C17H25N3O3. The number of pyridine rings is 1. The van der Waals surface area contributed by atoms with E-state index in [9.17, 15) is 9.90 Å². The van der Waals surface area contributed by atoms with Gasteiger partial charge in [0.05, 0.1) is 18.9 Å². The number of hydrogen-bond acceptors (Lipinski definition) is 5. The third-order valence-corrected chi connectivity index (χ3v) is 4.51. The van der Waals surface area contributed by atoms with E-state index in [1.54, 1.807) is 13.1 Å². The van der Waals surface area contributed by atoms with Crippen molar-refractivity contribution < 1.29 is 14.6 Å². The Bertz CT molecular complexity index is 576. The van der Waals surface area contributed by atoms with Crippen LogP contribution in [0, 0.1) is 0 Å². The maximum Gasteiger partial charge on any atom is 0.272 e. The van der Waals surface area contributed by atoms with E-state index in [4.69, 9.17) is 4.74 Å². The van der Waals surface area contributed by atoms with Gasteiger partial charge in [0.2, 0.25) is 0 Å². The van der Waals surface area contributed by atoms with Gasteiger partial charge in [-0.1, -0.05) is 0 Å². The van der Waals surface area contributed by atoms with Crippen molar-refractivity contribution in [1.82, 2.24) is 14.8 Å². The number of fused-ring (bicyclic) bond motifs is 1. The number of nitrogens with zero attached hydrogens (tertiary/aromatic N) is 3. The lowest BCUT2D eigenvalue weighted by atomic mass is 10.1. The number of amides is 1. The van der Waals surface area contributed by atoms with Crippen molar-refractivity contribution in [3.05, 3.63) is 23.5 Å². The summed E-state index contributed by atoms with van der Waals surface area (Å²) in [4.78, 5) is 21.2. The monoisotopic (exact) mass is 319 g/mol. The maximum absolute atomic E-state index is 12.8. The Labute approximate surface area is 137 Å². The third kappa shape index (κ3) is 3.64. The molecule has 2 atom stereocenters. The number of carbonyl (C=O) groups is 1. The molecule has 0 saturated carbocycles. The van der Waals surface area contributed by atoms with Crippen molar-refractivity contribution in [2.24, 2.45) is 0 Å². The summed E-state index contributed by atoms with van der Waals surface area (Å²) in [5.74, 6) is 0.796. The molecule has 2 aliphatic rings. The summed E-state index contributed by atoms with van der Waals surface area (Å²) in [6, 6.07) is 2.00. The van der Waals surface area contributed by atoms with Crippen LogP contribution in [-0.2, 0) is 6.42 Å². The smallest absolute Gasteiger partial charge is 0.272 e. The number of aliphatic hydroxyl groups excluding tert-OH is 1. The third-order valence-electron chi connectivity index (χ3n) is 4.51. The minimum Gasteiger partial charge on any atom is -0.492 e. The normalized spacial score (nSPS) is 23.1. The van der Waals surface area contributed by atoms with Gasteiger partial charge in [-0.25, -0.2) is 4.98 Å². The summed E-state index contributed by atoms with van der Waals surface area (Å²) in [6.45, 7) is 7.46. The summed E-state index contributed by atoms with van der Waals surface area (Å²) in [6.07, 6.45) is 3.26. The van der Waals surface area contributed by atoms with E-state index in [0.29, 0.717) is 18.8 Å². The lowest BCUT2D eigenvalue weighted by Gasteiger charge is -2.40. The number of piperazine rings is 1. The molecule has 3 heterocycles. The Hall–Kier alpha value is -1.66. The van der Waals surface area contributed by atoms with E-state index in [1.807, 2.05) is 17.9 Å². The van der Waals surface area contributed by atoms with Crippen molar-refractivity contribution in [3.8, 4) is 5.75 Å². The molecule has 6 heteroatoms. The van der Waals surface area contributed by atoms with E-state index in [-0.39, 0.29) is 18.1 Å². The van der Waals surface area contributed by atoms with Crippen molar-refractivity contribution in [2.45, 2.75) is 38.8 Å². The number of β-amino-alcohol motifs (C(OH)–C–C–N with tert-alkyl or cyclic N) is 1. The molecule has 0 radical (unpaired) electrons. The van der Waals surface area contributed by atoms with Crippen molar-refractivity contribution >= 4 is 5.91 Å². The van der Waals surface area contributed by atoms with Gasteiger partial charge < -0.3 is 14.7 Å². The molecule has 2 unspecified atom stereocenters. The molecule has 126 valence electrons.